The molecule has 4 heteroatoms. The molecule has 0 saturated carbocycles. The highest BCUT2D eigenvalue weighted by molar-refractivity contribution is 5.76. The second-order valence-electron chi connectivity index (χ2n) is 4.82. The fourth-order valence-electron chi connectivity index (χ4n) is 1.29. The van der Waals surface area contributed by atoms with Gasteiger partial charge in [-0.3, -0.25) is 4.79 Å². The van der Waals surface area contributed by atoms with Crippen molar-refractivity contribution in [2.75, 3.05) is 26.7 Å². The monoisotopic (exact) mass is 229 g/mol. The maximum absolute atomic E-state index is 11.4. The number of hydrogen-bond donors (Lipinski definition) is 2. The molecule has 1 atom stereocenters. The second-order valence-corrected chi connectivity index (χ2v) is 4.82. The Balaban J connectivity index is 3.48. The van der Waals surface area contributed by atoms with Crippen LogP contribution >= 0.6 is 0 Å². The van der Waals surface area contributed by atoms with E-state index in [1.54, 1.807) is 0 Å². The fourth-order valence-corrected chi connectivity index (χ4v) is 1.29. The van der Waals surface area contributed by atoms with E-state index in [1.165, 1.54) is 0 Å². The van der Waals surface area contributed by atoms with Gasteiger partial charge in [-0.2, -0.15) is 0 Å². The molecule has 0 radical (unpaired) electrons. The van der Waals surface area contributed by atoms with Crippen LogP contribution in [-0.2, 0) is 4.79 Å². The molecule has 0 spiro atoms. The SMILES string of the molecule is CC(CN)CC(=O)NCCCN(C)C(C)C. The normalized spacial score (nSPS) is 13.2. The Morgan fingerprint density at radius 2 is 2.00 bits per heavy atom. The number of carbonyl (C=O) groups excluding carboxylic acids is 1. The van der Waals surface area contributed by atoms with Gasteiger partial charge in [-0.05, 0) is 46.3 Å². The van der Waals surface area contributed by atoms with Crippen molar-refractivity contribution in [3.05, 3.63) is 0 Å². The summed E-state index contributed by atoms with van der Waals surface area (Å²) in [6.45, 7) is 8.68. The van der Waals surface area contributed by atoms with Crippen LogP contribution in [0.2, 0.25) is 0 Å². The fraction of sp³-hybridized carbons (Fsp3) is 0.917. The zero-order chi connectivity index (χ0) is 12.6. The highest BCUT2D eigenvalue weighted by Gasteiger charge is 2.07. The maximum Gasteiger partial charge on any atom is 0.220 e. The first-order chi connectivity index (χ1) is 7.47. The summed E-state index contributed by atoms with van der Waals surface area (Å²) >= 11 is 0. The number of rotatable bonds is 8. The molecule has 0 aromatic heterocycles. The lowest BCUT2D eigenvalue weighted by Gasteiger charge is -2.20. The summed E-state index contributed by atoms with van der Waals surface area (Å²) in [4.78, 5) is 13.7. The third-order valence-electron chi connectivity index (χ3n) is 2.83. The standard InChI is InChI=1S/C12H27N3O/c1-10(2)15(4)7-5-6-14-12(16)8-11(3)9-13/h10-11H,5-9,13H2,1-4H3,(H,14,16). The Bertz CT molecular complexity index is 195. The van der Waals surface area contributed by atoms with Gasteiger partial charge in [-0.25, -0.2) is 0 Å². The van der Waals surface area contributed by atoms with Gasteiger partial charge in [0.25, 0.3) is 0 Å². The van der Waals surface area contributed by atoms with Crippen molar-refractivity contribution in [1.29, 1.82) is 0 Å². The summed E-state index contributed by atoms with van der Waals surface area (Å²) in [5.74, 6) is 0.392. The largest absolute Gasteiger partial charge is 0.356 e. The van der Waals surface area contributed by atoms with E-state index in [0.29, 0.717) is 19.0 Å². The van der Waals surface area contributed by atoms with Crippen molar-refractivity contribution in [1.82, 2.24) is 10.2 Å². The molecule has 0 heterocycles. The van der Waals surface area contributed by atoms with Crippen LogP contribution < -0.4 is 11.1 Å². The number of hydrogen-bond acceptors (Lipinski definition) is 3. The minimum Gasteiger partial charge on any atom is -0.356 e. The van der Waals surface area contributed by atoms with E-state index in [0.717, 1.165) is 19.5 Å². The molecule has 4 nitrogen and oxygen atoms in total. The Labute approximate surface area is 99.6 Å². The lowest BCUT2D eigenvalue weighted by Crippen LogP contribution is -2.32. The van der Waals surface area contributed by atoms with E-state index >= 15 is 0 Å². The highest BCUT2D eigenvalue weighted by atomic mass is 16.1. The first-order valence-electron chi connectivity index (χ1n) is 6.14. The summed E-state index contributed by atoms with van der Waals surface area (Å²) in [6, 6.07) is 0.563. The van der Waals surface area contributed by atoms with Gasteiger partial charge in [0.2, 0.25) is 5.91 Å². The Morgan fingerprint density at radius 1 is 1.38 bits per heavy atom. The van der Waals surface area contributed by atoms with E-state index in [4.69, 9.17) is 5.73 Å². The summed E-state index contributed by atoms with van der Waals surface area (Å²) in [6.07, 6.45) is 1.54. The molecule has 0 aliphatic rings. The molecule has 1 unspecified atom stereocenters. The molecule has 0 aromatic rings. The summed E-state index contributed by atoms with van der Waals surface area (Å²) < 4.78 is 0. The molecule has 0 aliphatic heterocycles. The summed E-state index contributed by atoms with van der Waals surface area (Å²) in [5.41, 5.74) is 5.46. The van der Waals surface area contributed by atoms with Crippen molar-refractivity contribution >= 4 is 5.91 Å². The average Bonchev–Trinajstić information content (AvgIpc) is 2.23. The second kappa shape index (κ2) is 8.53. The maximum atomic E-state index is 11.4. The van der Waals surface area contributed by atoms with Crippen LogP contribution in [0.25, 0.3) is 0 Å². The van der Waals surface area contributed by atoms with Gasteiger partial charge in [-0.15, -0.1) is 0 Å². The molecule has 0 saturated heterocycles. The van der Waals surface area contributed by atoms with Crippen LogP contribution in [0.15, 0.2) is 0 Å². The molecule has 1 amide bonds. The van der Waals surface area contributed by atoms with Crippen LogP contribution in [0.1, 0.15) is 33.6 Å². The lowest BCUT2D eigenvalue weighted by molar-refractivity contribution is -0.121. The van der Waals surface area contributed by atoms with E-state index in [-0.39, 0.29) is 11.8 Å². The molecule has 3 N–H and O–H groups in total. The van der Waals surface area contributed by atoms with Gasteiger partial charge >= 0.3 is 0 Å². The smallest absolute Gasteiger partial charge is 0.220 e. The number of nitrogens with one attached hydrogen (secondary N) is 1. The highest BCUT2D eigenvalue weighted by Crippen LogP contribution is 1.98. The van der Waals surface area contributed by atoms with Gasteiger partial charge in [0.15, 0.2) is 0 Å². The molecule has 0 fully saturated rings. The topological polar surface area (TPSA) is 58.4 Å². The van der Waals surface area contributed by atoms with Crippen molar-refractivity contribution in [2.45, 2.75) is 39.7 Å². The first-order valence-corrected chi connectivity index (χ1v) is 6.14. The molecule has 0 aliphatic carbocycles. The van der Waals surface area contributed by atoms with E-state index in [2.05, 4.69) is 31.1 Å². The van der Waals surface area contributed by atoms with E-state index in [9.17, 15) is 4.79 Å². The zero-order valence-electron chi connectivity index (χ0n) is 11.1. The summed E-state index contributed by atoms with van der Waals surface area (Å²) in [7, 11) is 2.10. The van der Waals surface area contributed by atoms with Crippen molar-refractivity contribution in [2.24, 2.45) is 11.7 Å². The van der Waals surface area contributed by atoms with Gasteiger partial charge < -0.3 is 16.0 Å². The number of carbonyl (C=O) groups is 1. The number of nitrogens with two attached hydrogens (primary N) is 1. The van der Waals surface area contributed by atoms with Crippen molar-refractivity contribution in [3.63, 3.8) is 0 Å². The van der Waals surface area contributed by atoms with Crippen LogP contribution in [-0.4, -0.2) is 43.5 Å². The Morgan fingerprint density at radius 3 is 2.50 bits per heavy atom. The third-order valence-corrected chi connectivity index (χ3v) is 2.83. The van der Waals surface area contributed by atoms with Gasteiger partial charge in [0.1, 0.15) is 0 Å². The van der Waals surface area contributed by atoms with Crippen LogP contribution in [0.5, 0.6) is 0 Å². The van der Waals surface area contributed by atoms with Crippen LogP contribution in [0.3, 0.4) is 0 Å². The Hall–Kier alpha value is -0.610. The van der Waals surface area contributed by atoms with Gasteiger partial charge in [-0.1, -0.05) is 6.92 Å². The molecule has 0 rings (SSSR count). The minimum atomic E-state index is 0.116. The summed E-state index contributed by atoms with van der Waals surface area (Å²) in [5, 5.41) is 2.92. The minimum absolute atomic E-state index is 0.116. The molecule has 0 aromatic carbocycles. The average molecular weight is 229 g/mol. The molecular weight excluding hydrogens is 202 g/mol. The van der Waals surface area contributed by atoms with Gasteiger partial charge in [0, 0.05) is 19.0 Å². The molecular formula is C12H27N3O. The first kappa shape index (κ1) is 15.4. The van der Waals surface area contributed by atoms with Crippen LogP contribution in [0.4, 0.5) is 0 Å². The number of amides is 1. The lowest BCUT2D eigenvalue weighted by atomic mass is 10.1. The molecule has 0 bridgehead atoms. The predicted molar refractivity (Wildman–Crippen MR) is 68.2 cm³/mol. The number of nitrogens with zero attached hydrogens (tertiary/aromatic N) is 1. The van der Waals surface area contributed by atoms with E-state index < -0.39 is 0 Å². The third kappa shape index (κ3) is 7.65. The quantitative estimate of drug-likeness (QED) is 0.606. The van der Waals surface area contributed by atoms with Crippen molar-refractivity contribution in [3.8, 4) is 0 Å². The Kier molecular flexibility index (Phi) is 8.21. The van der Waals surface area contributed by atoms with Crippen LogP contribution in [0, 0.1) is 5.92 Å². The molecule has 96 valence electrons. The van der Waals surface area contributed by atoms with Crippen molar-refractivity contribution < 1.29 is 4.79 Å². The van der Waals surface area contributed by atoms with E-state index in [1.807, 2.05) is 6.92 Å². The predicted octanol–water partition coefficient (Wildman–Crippen LogP) is 0.818. The zero-order valence-corrected chi connectivity index (χ0v) is 11.1. The van der Waals surface area contributed by atoms with Gasteiger partial charge in [0.05, 0.1) is 0 Å². The molecule has 16 heavy (non-hydrogen) atoms.